The predicted octanol–water partition coefficient (Wildman–Crippen LogP) is 5.02. The average molecular weight is 653 g/mol. The van der Waals surface area contributed by atoms with Gasteiger partial charge in [0.1, 0.15) is 5.75 Å². The first-order valence-electron chi connectivity index (χ1n) is 17.3. The number of rotatable bonds is 26. The van der Waals surface area contributed by atoms with Crippen LogP contribution in [0.2, 0.25) is 0 Å². The second-order valence-corrected chi connectivity index (χ2v) is 11.8. The van der Waals surface area contributed by atoms with Gasteiger partial charge in [0, 0.05) is 57.5 Å². The molecule has 11 heteroatoms. The van der Waals surface area contributed by atoms with E-state index in [1.165, 1.54) is 58.3 Å². The Morgan fingerprint density at radius 1 is 0.745 bits per heavy atom. The number of anilines is 1. The van der Waals surface area contributed by atoms with Crippen LogP contribution in [-0.2, 0) is 25.6 Å². The summed E-state index contributed by atoms with van der Waals surface area (Å²) in [5, 5.41) is 14.2. The van der Waals surface area contributed by atoms with Crippen LogP contribution in [0.1, 0.15) is 103 Å². The van der Waals surface area contributed by atoms with Crippen LogP contribution in [0, 0.1) is 0 Å². The molecule has 0 aliphatic carbocycles. The summed E-state index contributed by atoms with van der Waals surface area (Å²) in [6.45, 7) is 5.27. The fraction of sp³-hybridized carbons (Fsp3) is 0.583. The predicted molar refractivity (Wildman–Crippen MR) is 186 cm³/mol. The van der Waals surface area contributed by atoms with Crippen LogP contribution in [0.25, 0.3) is 0 Å². The van der Waals surface area contributed by atoms with E-state index in [-0.39, 0.29) is 37.2 Å². The van der Waals surface area contributed by atoms with E-state index in [1.807, 2.05) is 12.1 Å². The van der Waals surface area contributed by atoms with Crippen molar-refractivity contribution in [2.75, 3.05) is 31.6 Å². The maximum atomic E-state index is 12.9. The molecule has 11 nitrogen and oxygen atoms in total. The highest BCUT2D eigenvalue weighted by atomic mass is 16.5. The summed E-state index contributed by atoms with van der Waals surface area (Å²) in [4.78, 5) is 52.9. The number of carbonyl (C=O) groups excluding carboxylic acids is 4. The maximum absolute atomic E-state index is 12.9. The summed E-state index contributed by atoms with van der Waals surface area (Å²) in [5.41, 5.74) is 1.53. The second-order valence-electron chi connectivity index (χ2n) is 11.8. The topological polar surface area (TPSA) is 151 Å². The van der Waals surface area contributed by atoms with Crippen LogP contribution in [0.3, 0.4) is 0 Å². The molecule has 0 aliphatic rings. The zero-order valence-electron chi connectivity index (χ0n) is 28.4. The first-order chi connectivity index (χ1) is 22.9. The zero-order chi connectivity index (χ0) is 34.0. The fourth-order valence-corrected chi connectivity index (χ4v) is 4.90. The smallest absolute Gasteiger partial charge is 0.263 e. The Morgan fingerprint density at radius 2 is 1.43 bits per heavy atom. The zero-order valence-corrected chi connectivity index (χ0v) is 28.4. The van der Waals surface area contributed by atoms with E-state index >= 15 is 0 Å². The molecule has 1 aromatic carbocycles. The van der Waals surface area contributed by atoms with Crippen LogP contribution in [-0.4, -0.2) is 61.0 Å². The molecule has 5 N–H and O–H groups in total. The lowest BCUT2D eigenvalue weighted by Gasteiger charge is -2.21. The molecule has 2 aromatic rings. The largest absolute Gasteiger partial charge is 0.494 e. The average Bonchev–Trinajstić information content (AvgIpc) is 3.07. The number of hydrogen-bond donors (Lipinski definition) is 5. The van der Waals surface area contributed by atoms with E-state index in [9.17, 15) is 19.2 Å². The lowest BCUT2D eigenvalue weighted by atomic mass is 10.1. The van der Waals surface area contributed by atoms with Gasteiger partial charge in [-0.25, -0.2) is 0 Å². The summed E-state index contributed by atoms with van der Waals surface area (Å²) in [5.74, 6) is -0.235. The Hall–Kier alpha value is -4.15. The molecule has 0 fully saturated rings. The molecule has 2 rings (SSSR count). The van der Waals surface area contributed by atoms with E-state index in [0.29, 0.717) is 37.3 Å². The molecule has 0 bridgehead atoms. The van der Waals surface area contributed by atoms with Crippen molar-refractivity contribution in [3.8, 4) is 5.75 Å². The summed E-state index contributed by atoms with van der Waals surface area (Å²) in [7, 11) is 0. The first kappa shape index (κ1) is 39.0. The maximum Gasteiger partial charge on any atom is 0.263 e. The van der Waals surface area contributed by atoms with Crippen LogP contribution in [0.15, 0.2) is 48.8 Å². The molecule has 0 spiro atoms. The summed E-state index contributed by atoms with van der Waals surface area (Å²) in [6, 6.07) is 10.8. The molecule has 47 heavy (non-hydrogen) atoms. The van der Waals surface area contributed by atoms with Gasteiger partial charge in [-0.1, -0.05) is 70.8 Å². The minimum atomic E-state index is -1.03. The van der Waals surface area contributed by atoms with Crippen molar-refractivity contribution in [2.24, 2.45) is 0 Å². The molecule has 4 amide bonds. The van der Waals surface area contributed by atoms with Crippen molar-refractivity contribution in [3.05, 3.63) is 54.4 Å². The van der Waals surface area contributed by atoms with Gasteiger partial charge in [-0.05, 0) is 55.2 Å². The number of nitrogens with one attached hydrogen (secondary N) is 5. The Bertz CT molecular complexity index is 1160. The quantitative estimate of drug-likeness (QED) is 0.0708. The molecular weight excluding hydrogens is 596 g/mol. The minimum absolute atomic E-state index is 0.0490. The Kier molecular flexibility index (Phi) is 20.8. The van der Waals surface area contributed by atoms with Crippen molar-refractivity contribution >= 4 is 29.3 Å². The normalized spacial score (nSPS) is 11.3. The van der Waals surface area contributed by atoms with Crippen molar-refractivity contribution in [1.29, 1.82) is 0 Å². The third kappa shape index (κ3) is 19.9. The van der Waals surface area contributed by atoms with Gasteiger partial charge in [0.15, 0.2) is 6.17 Å². The number of hydrogen-bond acceptors (Lipinski definition) is 7. The standard InChI is InChI=1S/C36H56N6O5/c1-3-4-5-6-7-8-9-10-11-12-24-39-33(44)16-14-27-47-32-20-18-31(19-21-32)41-35(36(46)40-26-25-38-29(2)43)42-34(45)22-17-30-15-13-23-37-28-30/h13,15,18-21,23,28,35,41H,3-12,14,16-17,22,24-27H2,1-2H3,(H,38,43)(H,39,44)(H,40,46)(H,42,45). The Balaban J connectivity index is 1.68. The summed E-state index contributed by atoms with van der Waals surface area (Å²) in [6.07, 6.45) is 16.8. The number of nitrogens with zero attached hydrogens (tertiary/aromatic N) is 1. The van der Waals surface area contributed by atoms with Gasteiger partial charge in [0.25, 0.3) is 5.91 Å². The van der Waals surface area contributed by atoms with E-state index in [1.54, 1.807) is 36.7 Å². The molecule has 0 saturated heterocycles. The SMILES string of the molecule is CCCCCCCCCCCCNC(=O)CCCOc1ccc(NC(NC(=O)CCc2cccnc2)C(=O)NCCNC(C)=O)cc1. The van der Waals surface area contributed by atoms with Crippen molar-refractivity contribution in [1.82, 2.24) is 26.3 Å². The van der Waals surface area contributed by atoms with Gasteiger partial charge in [0.2, 0.25) is 17.7 Å². The van der Waals surface area contributed by atoms with Gasteiger partial charge in [0.05, 0.1) is 6.61 Å². The van der Waals surface area contributed by atoms with Crippen LogP contribution in [0.5, 0.6) is 5.75 Å². The number of aromatic nitrogens is 1. The molecule has 0 saturated carbocycles. The van der Waals surface area contributed by atoms with Gasteiger partial charge in [-0.3, -0.25) is 24.2 Å². The lowest BCUT2D eigenvalue weighted by molar-refractivity contribution is -0.128. The number of aryl methyl sites for hydroxylation is 1. The van der Waals surface area contributed by atoms with Gasteiger partial charge in [-0.2, -0.15) is 0 Å². The first-order valence-corrected chi connectivity index (χ1v) is 17.3. The van der Waals surface area contributed by atoms with Crippen LogP contribution < -0.4 is 31.3 Å². The van der Waals surface area contributed by atoms with E-state index < -0.39 is 12.1 Å². The summed E-state index contributed by atoms with van der Waals surface area (Å²) < 4.78 is 5.80. The molecule has 1 atom stereocenters. The number of pyridine rings is 1. The van der Waals surface area contributed by atoms with E-state index in [2.05, 4.69) is 38.5 Å². The number of benzene rings is 1. The Labute approximate surface area is 280 Å². The van der Waals surface area contributed by atoms with Crippen LogP contribution >= 0.6 is 0 Å². The highest BCUT2D eigenvalue weighted by molar-refractivity contribution is 5.89. The molecule has 1 aromatic heterocycles. The minimum Gasteiger partial charge on any atom is -0.494 e. The molecular formula is C36H56N6O5. The molecule has 0 radical (unpaired) electrons. The Morgan fingerprint density at radius 3 is 2.09 bits per heavy atom. The third-order valence-electron chi connectivity index (χ3n) is 7.56. The number of carbonyl (C=O) groups is 4. The van der Waals surface area contributed by atoms with E-state index in [0.717, 1.165) is 24.9 Å². The molecule has 260 valence electrons. The van der Waals surface area contributed by atoms with Gasteiger partial charge >= 0.3 is 0 Å². The number of ether oxygens (including phenoxy) is 1. The second kappa shape index (κ2) is 25.0. The van der Waals surface area contributed by atoms with Crippen LogP contribution in [0.4, 0.5) is 5.69 Å². The van der Waals surface area contributed by atoms with Crippen molar-refractivity contribution in [2.45, 2.75) is 110 Å². The van der Waals surface area contributed by atoms with Gasteiger partial charge in [-0.15, -0.1) is 0 Å². The number of amides is 4. The molecule has 1 heterocycles. The molecule has 0 aliphatic heterocycles. The van der Waals surface area contributed by atoms with Crippen molar-refractivity contribution < 1.29 is 23.9 Å². The highest BCUT2D eigenvalue weighted by Crippen LogP contribution is 2.17. The highest BCUT2D eigenvalue weighted by Gasteiger charge is 2.20. The third-order valence-corrected chi connectivity index (χ3v) is 7.56. The number of unbranched alkanes of at least 4 members (excludes halogenated alkanes) is 9. The van der Waals surface area contributed by atoms with Crippen molar-refractivity contribution in [3.63, 3.8) is 0 Å². The summed E-state index contributed by atoms with van der Waals surface area (Å²) >= 11 is 0. The lowest BCUT2D eigenvalue weighted by Crippen LogP contribution is -2.52. The van der Waals surface area contributed by atoms with E-state index in [4.69, 9.17) is 4.74 Å². The fourth-order valence-electron chi connectivity index (χ4n) is 4.90. The molecule has 1 unspecified atom stereocenters. The van der Waals surface area contributed by atoms with Gasteiger partial charge < -0.3 is 31.3 Å². The monoisotopic (exact) mass is 652 g/mol.